The number of fused-ring (bicyclic) bond motifs is 1. The first kappa shape index (κ1) is 14.9. The number of rotatable bonds is 4. The molecule has 3 nitrogen and oxygen atoms in total. The second-order valence-electron chi connectivity index (χ2n) is 5.23. The first-order chi connectivity index (χ1) is 10.6. The molecule has 114 valence electrons. The fourth-order valence-corrected chi connectivity index (χ4v) is 2.65. The first-order valence-electron chi connectivity index (χ1n) is 7.09. The van der Waals surface area contributed by atoms with Gasteiger partial charge in [0.25, 0.3) is 5.91 Å². The van der Waals surface area contributed by atoms with Crippen molar-refractivity contribution in [3.8, 4) is 5.75 Å². The number of nitrogens with one attached hydrogen (secondary N) is 1. The average molecular weight is 320 g/mol. The molecule has 2 aromatic carbocycles. The molecular formula is C17H15ClFNO2. The van der Waals surface area contributed by atoms with Crippen LogP contribution in [0.15, 0.2) is 42.5 Å². The van der Waals surface area contributed by atoms with Gasteiger partial charge in [0.2, 0.25) is 0 Å². The first-order valence-corrected chi connectivity index (χ1v) is 7.47. The van der Waals surface area contributed by atoms with E-state index in [0.29, 0.717) is 30.2 Å². The van der Waals surface area contributed by atoms with Gasteiger partial charge in [-0.15, -0.1) is 0 Å². The second-order valence-corrected chi connectivity index (χ2v) is 5.67. The van der Waals surface area contributed by atoms with Gasteiger partial charge in [-0.3, -0.25) is 4.79 Å². The Bertz CT molecular complexity index is 688. The van der Waals surface area contributed by atoms with Gasteiger partial charge in [-0.2, -0.15) is 0 Å². The van der Waals surface area contributed by atoms with Crippen molar-refractivity contribution in [1.82, 2.24) is 5.32 Å². The van der Waals surface area contributed by atoms with Crippen molar-refractivity contribution >= 4 is 17.5 Å². The molecule has 0 aliphatic carbocycles. The Morgan fingerprint density at radius 1 is 1.27 bits per heavy atom. The van der Waals surface area contributed by atoms with E-state index in [1.165, 1.54) is 12.1 Å². The second kappa shape index (κ2) is 6.36. The van der Waals surface area contributed by atoms with Gasteiger partial charge >= 0.3 is 0 Å². The quantitative estimate of drug-likeness (QED) is 0.940. The predicted octanol–water partition coefficient (Wildman–Crippen LogP) is 3.14. The number of carbonyl (C=O) groups excluding carboxylic acids is 1. The van der Waals surface area contributed by atoms with Crippen molar-refractivity contribution in [3.05, 3.63) is 64.4 Å². The molecule has 3 rings (SSSR count). The van der Waals surface area contributed by atoms with Crippen LogP contribution in [0.2, 0.25) is 5.02 Å². The topological polar surface area (TPSA) is 38.3 Å². The zero-order chi connectivity index (χ0) is 15.5. The summed E-state index contributed by atoms with van der Waals surface area (Å²) < 4.78 is 18.4. The van der Waals surface area contributed by atoms with E-state index in [4.69, 9.17) is 16.3 Å². The molecule has 0 aromatic heterocycles. The van der Waals surface area contributed by atoms with Crippen LogP contribution in [0.1, 0.15) is 11.1 Å². The van der Waals surface area contributed by atoms with Gasteiger partial charge in [-0.1, -0.05) is 23.7 Å². The lowest BCUT2D eigenvalue weighted by Crippen LogP contribution is -2.38. The maximum Gasteiger partial charge on any atom is 0.261 e. The predicted molar refractivity (Wildman–Crippen MR) is 82.7 cm³/mol. The van der Waals surface area contributed by atoms with E-state index in [-0.39, 0.29) is 11.7 Å². The van der Waals surface area contributed by atoms with Gasteiger partial charge in [0.05, 0.1) is 0 Å². The molecule has 1 aliphatic heterocycles. The third-order valence-corrected chi connectivity index (χ3v) is 3.85. The number of hydrogen-bond acceptors (Lipinski definition) is 2. The van der Waals surface area contributed by atoms with E-state index < -0.39 is 6.10 Å². The maximum atomic E-state index is 12.8. The third-order valence-electron chi connectivity index (χ3n) is 3.62. The van der Waals surface area contributed by atoms with E-state index in [1.807, 2.05) is 6.07 Å². The molecule has 0 saturated heterocycles. The van der Waals surface area contributed by atoms with Gasteiger partial charge in [-0.25, -0.2) is 4.39 Å². The summed E-state index contributed by atoms with van der Waals surface area (Å²) in [5.74, 6) is 0.307. The molecule has 0 bridgehead atoms. The van der Waals surface area contributed by atoms with Gasteiger partial charge in [0.1, 0.15) is 11.6 Å². The van der Waals surface area contributed by atoms with Crippen LogP contribution in [0.3, 0.4) is 0 Å². The van der Waals surface area contributed by atoms with E-state index in [1.54, 1.807) is 24.3 Å². The fourth-order valence-electron chi connectivity index (χ4n) is 2.46. The Balaban J connectivity index is 1.50. The van der Waals surface area contributed by atoms with Crippen molar-refractivity contribution in [2.45, 2.75) is 18.9 Å². The summed E-state index contributed by atoms with van der Waals surface area (Å²) in [5.41, 5.74) is 1.93. The molecule has 1 amide bonds. The van der Waals surface area contributed by atoms with Crippen molar-refractivity contribution in [2.24, 2.45) is 0 Å². The van der Waals surface area contributed by atoms with Crippen LogP contribution in [-0.2, 0) is 17.6 Å². The molecule has 22 heavy (non-hydrogen) atoms. The summed E-state index contributed by atoms with van der Waals surface area (Å²) in [7, 11) is 0. The number of amides is 1. The summed E-state index contributed by atoms with van der Waals surface area (Å²) in [6, 6.07) is 11.6. The van der Waals surface area contributed by atoms with Gasteiger partial charge < -0.3 is 10.1 Å². The SMILES string of the molecule is O=C(NCCc1ccc(F)cc1)[C@H]1Cc2cc(Cl)ccc2O1. The number of benzene rings is 2. The number of ether oxygens (including phenoxy) is 1. The van der Waals surface area contributed by atoms with Crippen molar-refractivity contribution in [2.75, 3.05) is 6.54 Å². The summed E-state index contributed by atoms with van der Waals surface area (Å²) >= 11 is 5.93. The molecule has 0 saturated carbocycles. The summed E-state index contributed by atoms with van der Waals surface area (Å²) in [5, 5.41) is 3.49. The Kier molecular flexibility index (Phi) is 4.29. The monoisotopic (exact) mass is 319 g/mol. The zero-order valence-corrected chi connectivity index (χ0v) is 12.6. The lowest BCUT2D eigenvalue weighted by atomic mass is 10.1. The van der Waals surface area contributed by atoms with E-state index in [0.717, 1.165) is 11.1 Å². The maximum absolute atomic E-state index is 12.8. The molecule has 2 aromatic rings. The van der Waals surface area contributed by atoms with Crippen molar-refractivity contribution in [1.29, 1.82) is 0 Å². The van der Waals surface area contributed by atoms with Crippen LogP contribution in [0.4, 0.5) is 4.39 Å². The molecule has 0 radical (unpaired) electrons. The minimum Gasteiger partial charge on any atom is -0.480 e. The molecular weight excluding hydrogens is 305 g/mol. The molecule has 1 atom stereocenters. The van der Waals surface area contributed by atoms with Crippen LogP contribution < -0.4 is 10.1 Å². The van der Waals surface area contributed by atoms with Crippen molar-refractivity contribution < 1.29 is 13.9 Å². The number of hydrogen-bond donors (Lipinski definition) is 1. The summed E-state index contributed by atoms with van der Waals surface area (Å²) in [6.07, 6.45) is 0.664. The summed E-state index contributed by atoms with van der Waals surface area (Å²) in [6.45, 7) is 0.488. The van der Waals surface area contributed by atoms with E-state index >= 15 is 0 Å². The van der Waals surface area contributed by atoms with Crippen LogP contribution in [0.5, 0.6) is 5.75 Å². The van der Waals surface area contributed by atoms with Crippen LogP contribution >= 0.6 is 11.6 Å². The van der Waals surface area contributed by atoms with Crippen LogP contribution in [-0.4, -0.2) is 18.6 Å². The van der Waals surface area contributed by atoms with E-state index in [2.05, 4.69) is 5.32 Å². The Morgan fingerprint density at radius 2 is 2.05 bits per heavy atom. The molecule has 1 N–H and O–H groups in total. The normalized spacial score (nSPS) is 16.0. The molecule has 1 aliphatic rings. The zero-order valence-electron chi connectivity index (χ0n) is 11.8. The fraction of sp³-hybridized carbons (Fsp3) is 0.235. The standard InChI is InChI=1S/C17H15ClFNO2/c18-13-3-6-15-12(9-13)10-16(22-15)17(21)20-8-7-11-1-4-14(19)5-2-11/h1-6,9,16H,7-8,10H2,(H,20,21)/t16-/m1/s1. The lowest BCUT2D eigenvalue weighted by Gasteiger charge is -2.11. The minimum atomic E-state index is -0.512. The number of carbonyl (C=O) groups is 1. The third kappa shape index (κ3) is 3.39. The highest BCUT2D eigenvalue weighted by atomic mass is 35.5. The van der Waals surface area contributed by atoms with Crippen molar-refractivity contribution in [3.63, 3.8) is 0 Å². The van der Waals surface area contributed by atoms with E-state index in [9.17, 15) is 9.18 Å². The Morgan fingerprint density at radius 3 is 2.82 bits per heavy atom. The minimum absolute atomic E-state index is 0.144. The molecule has 0 fully saturated rings. The lowest BCUT2D eigenvalue weighted by molar-refractivity contribution is -0.127. The highest BCUT2D eigenvalue weighted by Crippen LogP contribution is 2.31. The average Bonchev–Trinajstić information content (AvgIpc) is 2.92. The molecule has 0 spiro atoms. The number of halogens is 2. The Labute approximate surface area is 133 Å². The van der Waals surface area contributed by atoms with Crippen LogP contribution in [0, 0.1) is 5.82 Å². The molecule has 1 heterocycles. The largest absolute Gasteiger partial charge is 0.480 e. The smallest absolute Gasteiger partial charge is 0.261 e. The van der Waals surface area contributed by atoms with Gasteiger partial charge in [-0.05, 0) is 47.9 Å². The van der Waals surface area contributed by atoms with Gasteiger partial charge in [0, 0.05) is 18.0 Å². The Hall–Kier alpha value is -2.07. The molecule has 5 heteroatoms. The van der Waals surface area contributed by atoms with Gasteiger partial charge in [0.15, 0.2) is 6.10 Å². The van der Waals surface area contributed by atoms with Crippen LogP contribution in [0.25, 0.3) is 0 Å². The highest BCUT2D eigenvalue weighted by molar-refractivity contribution is 6.30. The summed E-state index contributed by atoms with van der Waals surface area (Å²) in [4.78, 5) is 12.1. The molecule has 0 unspecified atom stereocenters. The highest BCUT2D eigenvalue weighted by Gasteiger charge is 2.28.